The highest BCUT2D eigenvalue weighted by molar-refractivity contribution is 7.80. The van der Waals surface area contributed by atoms with Crippen molar-refractivity contribution in [1.82, 2.24) is 10.6 Å². The van der Waals surface area contributed by atoms with Gasteiger partial charge in [-0.25, -0.2) is 8.98 Å². The van der Waals surface area contributed by atoms with Crippen molar-refractivity contribution in [3.8, 4) is 0 Å². The largest absolute Gasteiger partial charge is 0.458 e. The van der Waals surface area contributed by atoms with E-state index in [0.717, 1.165) is 90.3 Å². The van der Waals surface area contributed by atoms with Gasteiger partial charge in [0.15, 0.2) is 0 Å². The number of azide groups is 1. The van der Waals surface area contributed by atoms with Crippen LogP contribution in [0.5, 0.6) is 0 Å². The number of esters is 1. The number of nitrogens with one attached hydrogen (secondary N) is 2. The molecule has 0 heterocycles. The molecule has 4 aliphatic rings. The molecule has 0 aliphatic heterocycles. The summed E-state index contributed by atoms with van der Waals surface area (Å²) in [5.41, 5.74) is 8.83. The van der Waals surface area contributed by atoms with E-state index in [1.165, 1.54) is 0 Å². The summed E-state index contributed by atoms with van der Waals surface area (Å²) in [5, 5.41) is 10.9. The predicted octanol–water partition coefficient (Wildman–Crippen LogP) is 8.77. The van der Waals surface area contributed by atoms with E-state index in [1.807, 2.05) is 25.1 Å². The van der Waals surface area contributed by atoms with Gasteiger partial charge in [0.25, 0.3) is 0 Å². The molecule has 1 aromatic rings. The van der Waals surface area contributed by atoms with Crippen LogP contribution in [0.1, 0.15) is 138 Å². The molecule has 4 saturated carbocycles. The van der Waals surface area contributed by atoms with Crippen LogP contribution >= 0.6 is 0 Å². The quantitative estimate of drug-likeness (QED) is 0.0314. The fourth-order valence-electron chi connectivity index (χ4n) is 11.4. The number of carbonyl (C=O) groups excluding carboxylic acids is 1. The summed E-state index contributed by atoms with van der Waals surface area (Å²) < 4.78 is 101. The van der Waals surface area contributed by atoms with Crippen LogP contribution in [0.3, 0.4) is 0 Å². The van der Waals surface area contributed by atoms with E-state index in [-0.39, 0.29) is 59.4 Å². The summed E-state index contributed by atoms with van der Waals surface area (Å²) in [6.07, 6.45) is 7.85. The molecule has 4 fully saturated rings. The number of benzene rings is 1. The lowest BCUT2D eigenvalue weighted by atomic mass is 9.43. The van der Waals surface area contributed by atoms with Crippen molar-refractivity contribution in [2.45, 2.75) is 136 Å². The number of unbranched alkanes of at least 4 members (excludes halogenated alkanes) is 1. The van der Waals surface area contributed by atoms with Crippen molar-refractivity contribution in [3.05, 3.63) is 46.3 Å². The Balaban J connectivity index is 1.31. The maximum absolute atomic E-state index is 13.8. The van der Waals surface area contributed by atoms with Crippen molar-refractivity contribution in [2.24, 2.45) is 57.3 Å². The molecule has 11 atom stereocenters. The molecule has 4 unspecified atom stereocenters. The molecule has 3 N–H and O–H groups in total. The van der Waals surface area contributed by atoms with Gasteiger partial charge in [0, 0.05) is 33.0 Å². The van der Waals surface area contributed by atoms with Crippen LogP contribution in [0.2, 0.25) is 0 Å². The highest BCUT2D eigenvalue weighted by Gasteiger charge is 2.63. The lowest BCUT2D eigenvalue weighted by Crippen LogP contribution is -2.60. The molecule has 5 rings (SSSR count). The molecule has 4 aliphatic carbocycles. The summed E-state index contributed by atoms with van der Waals surface area (Å²) in [5.74, 6) is -2.58. The third-order valence-electron chi connectivity index (χ3n) is 14.0. The zero-order chi connectivity index (χ0) is 44.1. The molecule has 53 heavy (non-hydrogen) atoms. The van der Waals surface area contributed by atoms with Gasteiger partial charge in [-0.3, -0.25) is 4.55 Å². The van der Waals surface area contributed by atoms with E-state index in [2.05, 4.69) is 34.5 Å². The molecule has 298 valence electrons. The van der Waals surface area contributed by atoms with Crippen LogP contribution in [-0.2, 0) is 19.3 Å². The number of hydrogen-bond donors (Lipinski definition) is 3. The highest BCUT2D eigenvalue weighted by atomic mass is 32.3. The zero-order valence-corrected chi connectivity index (χ0v) is 32.7. The molecule has 0 bridgehead atoms. The third-order valence-corrected chi connectivity index (χ3v) is 14.5. The van der Waals surface area contributed by atoms with Crippen LogP contribution < -0.4 is 10.6 Å². The molecular formula is C41H67N5O6S. The monoisotopic (exact) mass is 765 g/mol. The first-order valence-electron chi connectivity index (χ1n) is 23.4. The first-order valence-corrected chi connectivity index (χ1v) is 21.3. The number of ether oxygens (including phenoxy) is 1. The highest BCUT2D eigenvalue weighted by Crippen LogP contribution is 2.69. The standard InChI is InChI=1S/C41H67N5O6S/c1-28(2)36(52-53(48,49)50)17-14-29(3)33-15-16-34-38-35(19-21-41(33,34)5)40(4)20-18-32(44-24-11-23-43-22-9-10-25-45-46-42)26-31(40)27-37(38)51-39(47)30-12-7-6-8-13-30/h6-8,12-13,28-29,31-38,43-44H,9-11,14-27H2,1-5H3,(H,48,49,50)/t29-,31-,32+,33-,34?,35?,36?,37-,38?,40+,41-/m1/s1/i1D3,2D3,28D. The summed E-state index contributed by atoms with van der Waals surface area (Å²) in [6, 6.07) is 9.50. The van der Waals surface area contributed by atoms with E-state index >= 15 is 0 Å². The topological polar surface area (TPSA) is 163 Å². The Hall–Kier alpha value is -2.21. The van der Waals surface area contributed by atoms with E-state index in [4.69, 9.17) is 24.0 Å². The lowest BCUT2D eigenvalue weighted by Gasteiger charge is -2.63. The Bertz CT molecular complexity index is 1740. The fraction of sp³-hybridized carbons (Fsp3) is 0.829. The maximum Gasteiger partial charge on any atom is 0.397 e. The van der Waals surface area contributed by atoms with Gasteiger partial charge in [-0.2, -0.15) is 8.42 Å². The van der Waals surface area contributed by atoms with Crippen LogP contribution in [0.4, 0.5) is 0 Å². The number of fused-ring (bicyclic) bond motifs is 5. The molecule has 11 nitrogen and oxygen atoms in total. The van der Waals surface area contributed by atoms with Gasteiger partial charge >= 0.3 is 16.4 Å². The summed E-state index contributed by atoms with van der Waals surface area (Å²) in [7, 11) is -5.28. The zero-order valence-electron chi connectivity index (χ0n) is 38.8. The smallest absolute Gasteiger partial charge is 0.397 e. The third kappa shape index (κ3) is 10.4. The van der Waals surface area contributed by atoms with Crippen LogP contribution in [0.25, 0.3) is 10.4 Å². The molecule has 0 spiro atoms. The summed E-state index contributed by atoms with van der Waals surface area (Å²) in [4.78, 5) is 16.6. The fourth-order valence-corrected chi connectivity index (χ4v) is 11.9. The molecule has 0 aromatic heterocycles. The Morgan fingerprint density at radius 1 is 1.04 bits per heavy atom. The van der Waals surface area contributed by atoms with E-state index in [9.17, 15) is 17.8 Å². The number of carbonyl (C=O) groups is 1. The lowest BCUT2D eigenvalue weighted by molar-refractivity contribution is -0.168. The van der Waals surface area contributed by atoms with Gasteiger partial charge in [-0.15, -0.1) is 0 Å². The maximum atomic E-state index is 13.8. The summed E-state index contributed by atoms with van der Waals surface area (Å²) >= 11 is 0. The second kappa shape index (κ2) is 18.6. The Morgan fingerprint density at radius 3 is 2.51 bits per heavy atom. The van der Waals surface area contributed by atoms with E-state index in [1.54, 1.807) is 12.1 Å². The minimum atomic E-state index is -5.28. The van der Waals surface area contributed by atoms with Crippen molar-refractivity contribution in [3.63, 3.8) is 0 Å². The molecule has 0 saturated heterocycles. The van der Waals surface area contributed by atoms with Crippen molar-refractivity contribution >= 4 is 16.4 Å². The van der Waals surface area contributed by atoms with Gasteiger partial charge in [0.05, 0.1) is 11.7 Å². The Kier molecular flexibility index (Phi) is 11.6. The minimum absolute atomic E-state index is 0.0725. The van der Waals surface area contributed by atoms with Crippen molar-refractivity contribution < 1.29 is 36.3 Å². The Morgan fingerprint density at radius 2 is 1.77 bits per heavy atom. The van der Waals surface area contributed by atoms with Gasteiger partial charge in [-0.05, 0) is 167 Å². The van der Waals surface area contributed by atoms with Gasteiger partial charge in [0.2, 0.25) is 0 Å². The normalized spacial score (nSPS) is 36.2. The average Bonchev–Trinajstić information content (AvgIpc) is 3.53. The molecule has 12 heteroatoms. The SMILES string of the molecule is [2H]C([2H])([2H])C([2H])(C(CC[C@@H](C)[C@H]1CCC2C3C(CC[C@@]21C)[C@@]1(C)CC[C@H](NCCCNCCCCN=[N+]=[N-])C[C@@H]1C[C@H]3OC(=O)c1ccccc1)OS(=O)(=O)O)C([2H])([2H])[2H]. The van der Waals surface area contributed by atoms with Gasteiger partial charge < -0.3 is 15.4 Å². The molecule has 0 amide bonds. The van der Waals surface area contributed by atoms with Crippen LogP contribution in [0.15, 0.2) is 35.4 Å². The average molecular weight is 765 g/mol. The minimum Gasteiger partial charge on any atom is -0.458 e. The second-order valence-electron chi connectivity index (χ2n) is 16.9. The molecule has 0 radical (unpaired) electrons. The van der Waals surface area contributed by atoms with Crippen LogP contribution in [0, 0.1) is 52.2 Å². The number of rotatable bonds is 19. The van der Waals surface area contributed by atoms with Gasteiger partial charge in [0.1, 0.15) is 6.10 Å². The first-order chi connectivity index (χ1) is 28.1. The number of hydrogen-bond acceptors (Lipinski definition) is 8. The summed E-state index contributed by atoms with van der Waals surface area (Å²) in [6.45, 7) is 3.14. The first kappa shape index (κ1) is 33.0. The van der Waals surface area contributed by atoms with E-state index < -0.39 is 36.1 Å². The predicted molar refractivity (Wildman–Crippen MR) is 208 cm³/mol. The van der Waals surface area contributed by atoms with Crippen LogP contribution in [-0.4, -0.2) is 63.4 Å². The van der Waals surface area contributed by atoms with Crippen molar-refractivity contribution in [1.29, 1.82) is 0 Å². The Labute approximate surface area is 328 Å². The second-order valence-corrected chi connectivity index (χ2v) is 18.0. The van der Waals surface area contributed by atoms with E-state index in [0.29, 0.717) is 30.0 Å². The number of nitrogens with zero attached hydrogens (tertiary/aromatic N) is 3. The molecule has 1 aromatic carbocycles. The van der Waals surface area contributed by atoms with Gasteiger partial charge in [-0.1, -0.05) is 57.8 Å². The van der Waals surface area contributed by atoms with Crippen molar-refractivity contribution in [2.75, 3.05) is 26.2 Å². The molecular weight excluding hydrogens is 691 g/mol.